The Bertz CT molecular complexity index is 2010. The molecule has 4 aromatic carbocycles. The number of benzene rings is 4. The van der Waals surface area contributed by atoms with Gasteiger partial charge in [0.15, 0.2) is 0 Å². The fourth-order valence-electron chi connectivity index (χ4n) is 10.3. The van der Waals surface area contributed by atoms with Gasteiger partial charge in [0.25, 0.3) is 0 Å². The second kappa shape index (κ2) is 15.5. The molecule has 0 radical (unpaired) electrons. The first-order valence-electron chi connectivity index (χ1n) is 20.8. The molecule has 2 unspecified atom stereocenters. The first-order valence-corrected chi connectivity index (χ1v) is 38.6. The molecule has 2 aliphatic carbocycles. The molecule has 0 N–H and O–H groups in total. The van der Waals surface area contributed by atoms with Gasteiger partial charge in [0.2, 0.25) is 0 Å². The van der Waals surface area contributed by atoms with Crippen LogP contribution in [0.1, 0.15) is 108 Å². The number of rotatable bonds is 12. The zero-order valence-electron chi connectivity index (χ0n) is 36.1. The Balaban J connectivity index is 1.71. The minimum absolute atomic E-state index is 0.0224. The van der Waals surface area contributed by atoms with Gasteiger partial charge in [-0.05, 0) is 0 Å². The van der Waals surface area contributed by atoms with Crippen LogP contribution >= 0.6 is 17.0 Å². The van der Waals surface area contributed by atoms with Gasteiger partial charge in [0.1, 0.15) is 0 Å². The van der Waals surface area contributed by atoms with Crippen LogP contribution in [-0.2, 0) is 16.2 Å². The summed E-state index contributed by atoms with van der Waals surface area (Å²) < 4.78 is 2.89. The van der Waals surface area contributed by atoms with Crippen molar-refractivity contribution in [3.05, 3.63) is 129 Å². The summed E-state index contributed by atoms with van der Waals surface area (Å²) in [6.45, 7) is 33.8. The molecule has 0 heterocycles. The van der Waals surface area contributed by atoms with Gasteiger partial charge in [-0.1, -0.05) is 0 Å². The van der Waals surface area contributed by atoms with Crippen LogP contribution in [-0.4, -0.2) is 25.6 Å². The van der Waals surface area contributed by atoms with Gasteiger partial charge >= 0.3 is 348 Å². The Labute approximate surface area is 345 Å². The molecule has 291 valence electrons. The van der Waals surface area contributed by atoms with E-state index >= 15 is 0 Å². The van der Waals surface area contributed by atoms with Crippen molar-refractivity contribution in [1.82, 2.24) is 4.14 Å². The molecular weight excluding hydrogens is 820 g/mol. The SMILES string of the molecule is CC(C)C1=Cc2c(-c3ccccc3C(C)C)cccc2[CH]1[Zr]([Cl])([Cl])([BH]N([Si](C)(C)C)[Si](C)(C)C)[CH]1C(C(C)C)=Cc2c(-c3ccccc3C(C)C)cccc21. The van der Waals surface area contributed by atoms with Crippen LogP contribution in [0.3, 0.4) is 0 Å². The van der Waals surface area contributed by atoms with E-state index < -0.39 is 32.6 Å². The van der Waals surface area contributed by atoms with Gasteiger partial charge in [-0.2, -0.15) is 0 Å². The molecule has 2 aliphatic rings. The van der Waals surface area contributed by atoms with Crippen LogP contribution in [0.2, 0.25) is 39.3 Å². The van der Waals surface area contributed by atoms with Crippen molar-refractivity contribution in [1.29, 1.82) is 0 Å². The van der Waals surface area contributed by atoms with E-state index in [-0.39, 0.29) is 7.25 Å². The van der Waals surface area contributed by atoms with Crippen molar-refractivity contribution < 1.29 is 16.2 Å². The van der Waals surface area contributed by atoms with Crippen LogP contribution in [0.4, 0.5) is 0 Å². The summed E-state index contributed by atoms with van der Waals surface area (Å²) >= 11 is -5.36. The number of halogens is 2. The topological polar surface area (TPSA) is 3.24 Å². The van der Waals surface area contributed by atoms with Gasteiger partial charge in [-0.15, -0.1) is 0 Å². The van der Waals surface area contributed by atoms with Crippen LogP contribution < -0.4 is 0 Å². The second-order valence-electron chi connectivity index (χ2n) is 19.8. The fraction of sp³-hybridized carbons (Fsp3) is 0.417. The van der Waals surface area contributed by atoms with Crippen molar-refractivity contribution in [2.24, 2.45) is 11.8 Å². The van der Waals surface area contributed by atoms with Gasteiger partial charge in [0.05, 0.1) is 0 Å². The van der Waals surface area contributed by atoms with Gasteiger partial charge in [0, 0.05) is 0 Å². The molecule has 0 saturated heterocycles. The number of hydrogen-bond donors (Lipinski definition) is 0. The molecule has 6 rings (SSSR count). The summed E-state index contributed by atoms with van der Waals surface area (Å²) in [4.78, 5) is 0.803. The van der Waals surface area contributed by atoms with Crippen LogP contribution in [0.25, 0.3) is 34.4 Å². The summed E-state index contributed by atoms with van der Waals surface area (Å²) in [7, 11) is 14.6. The van der Waals surface area contributed by atoms with E-state index in [4.69, 9.17) is 0 Å². The fourth-order valence-corrected chi connectivity index (χ4v) is 52.8. The molecular formula is C48H65BCl2NSi2Zr. The van der Waals surface area contributed by atoms with Crippen molar-refractivity contribution in [3.63, 3.8) is 0 Å². The van der Waals surface area contributed by atoms with E-state index in [9.17, 15) is 17.0 Å². The van der Waals surface area contributed by atoms with E-state index in [2.05, 4.69) is 196 Å². The quantitative estimate of drug-likeness (QED) is 0.128. The third kappa shape index (κ3) is 7.79. The van der Waals surface area contributed by atoms with Gasteiger partial charge < -0.3 is 0 Å². The average molecular weight is 885 g/mol. The summed E-state index contributed by atoms with van der Waals surface area (Å²) in [6, 6.07) is 32.0. The van der Waals surface area contributed by atoms with Crippen molar-refractivity contribution in [2.45, 2.75) is 114 Å². The number of hydrogen-bond acceptors (Lipinski definition) is 1. The third-order valence-electron chi connectivity index (χ3n) is 12.5. The summed E-state index contributed by atoms with van der Waals surface area (Å²) in [5.74, 6) is 1.41. The second-order valence-corrected chi connectivity index (χ2v) is 52.0. The predicted molar refractivity (Wildman–Crippen MR) is 250 cm³/mol. The van der Waals surface area contributed by atoms with E-state index in [0.717, 1.165) is 4.95 Å². The number of nitrogens with zero attached hydrogens (tertiary/aromatic N) is 1. The van der Waals surface area contributed by atoms with Gasteiger partial charge in [-0.3, -0.25) is 0 Å². The Kier molecular flexibility index (Phi) is 12.1. The molecule has 0 aliphatic heterocycles. The number of allylic oxidation sites excluding steroid dienone is 2. The molecule has 0 saturated carbocycles. The molecule has 0 spiro atoms. The van der Waals surface area contributed by atoms with Crippen molar-refractivity contribution in [2.75, 3.05) is 0 Å². The van der Waals surface area contributed by atoms with Crippen molar-refractivity contribution >= 4 is 50.6 Å². The van der Waals surface area contributed by atoms with Crippen LogP contribution in [0, 0.1) is 11.8 Å². The molecule has 0 aromatic heterocycles. The molecule has 4 aromatic rings. The molecule has 0 bridgehead atoms. The Morgan fingerprint density at radius 2 is 0.836 bits per heavy atom. The Morgan fingerprint density at radius 3 is 1.16 bits per heavy atom. The van der Waals surface area contributed by atoms with Crippen LogP contribution in [0.15, 0.2) is 96.1 Å². The molecule has 0 amide bonds. The maximum absolute atomic E-state index is 9.20. The predicted octanol–water partition coefficient (Wildman–Crippen LogP) is 15.4. The van der Waals surface area contributed by atoms with Crippen LogP contribution in [0.5, 0.6) is 0 Å². The van der Waals surface area contributed by atoms with E-state index in [0.29, 0.717) is 23.7 Å². The first kappa shape index (κ1) is 42.9. The van der Waals surface area contributed by atoms with E-state index in [1.807, 2.05) is 0 Å². The third-order valence-corrected chi connectivity index (χ3v) is 39.5. The molecule has 2 atom stereocenters. The first-order chi connectivity index (χ1) is 25.6. The average Bonchev–Trinajstić information content (AvgIpc) is 3.72. The summed E-state index contributed by atoms with van der Waals surface area (Å²) in [5.41, 5.74) is 16.2. The maximum atomic E-state index is 9.20. The Morgan fingerprint density at radius 1 is 0.491 bits per heavy atom. The molecule has 1 nitrogen and oxygen atoms in total. The van der Waals surface area contributed by atoms with Crippen molar-refractivity contribution in [3.8, 4) is 22.3 Å². The van der Waals surface area contributed by atoms with E-state index in [1.165, 1.54) is 66.8 Å². The zero-order chi connectivity index (χ0) is 40.4. The number of fused-ring (bicyclic) bond motifs is 2. The molecule has 0 fully saturated rings. The monoisotopic (exact) mass is 882 g/mol. The Hall–Kier alpha value is -1.72. The zero-order valence-corrected chi connectivity index (χ0v) is 42.1. The molecule has 7 heteroatoms. The van der Waals surface area contributed by atoms with E-state index in [1.54, 1.807) is 0 Å². The summed E-state index contributed by atoms with van der Waals surface area (Å²) in [6.07, 6.45) is 5.07. The molecule has 55 heavy (non-hydrogen) atoms. The van der Waals surface area contributed by atoms with Gasteiger partial charge in [-0.25, -0.2) is 0 Å². The summed E-state index contributed by atoms with van der Waals surface area (Å²) in [5, 5.41) is 0. The minimum atomic E-state index is -5.36. The normalized spacial score (nSPS) is 18.2. The standard InChI is InChI=1S/2C21H23.C6H19BNSi2.2ClH.Zr/c2*1-14(2)17-12-16-8-7-11-20(21(16)13-17)19-10-6-5-9-18(19)15(3)4;1-9(2,3)8(7)10(4,5)6;;;/h2*5-15H,1-4H3;7H,1-6H3;2*1H;/q;;+1;;;+1/p-2.